The van der Waals surface area contributed by atoms with Gasteiger partial charge in [0, 0.05) is 45.0 Å². The number of halogens is 1. The fraction of sp³-hybridized carbons (Fsp3) is 0.318. The quantitative estimate of drug-likeness (QED) is 0.605. The van der Waals surface area contributed by atoms with E-state index in [-0.39, 0.29) is 5.56 Å². The van der Waals surface area contributed by atoms with Crippen LogP contribution in [0.25, 0.3) is 5.69 Å². The second-order valence-corrected chi connectivity index (χ2v) is 7.82. The lowest BCUT2D eigenvalue weighted by atomic mass is 10.2. The maximum absolute atomic E-state index is 12.9. The van der Waals surface area contributed by atoms with Crippen LogP contribution in [-0.4, -0.2) is 40.4 Å². The first kappa shape index (κ1) is 19.0. The van der Waals surface area contributed by atoms with E-state index in [0.29, 0.717) is 4.47 Å². The summed E-state index contributed by atoms with van der Waals surface area (Å²) in [7, 11) is 0. The predicted octanol–water partition coefficient (Wildman–Crippen LogP) is 3.74. The summed E-state index contributed by atoms with van der Waals surface area (Å²) >= 11 is 3.57. The topological polar surface area (TPSA) is 33.4 Å². The molecule has 0 unspecified atom stereocenters. The van der Waals surface area contributed by atoms with Gasteiger partial charge in [-0.25, -0.2) is 4.68 Å². The van der Waals surface area contributed by atoms with Gasteiger partial charge >= 0.3 is 0 Å². The maximum atomic E-state index is 12.9. The van der Waals surface area contributed by atoms with Crippen LogP contribution in [0.1, 0.15) is 12.6 Å². The molecule has 1 saturated heterocycles. The first-order valence-corrected chi connectivity index (χ1v) is 10.6. The minimum atomic E-state index is 0.00553. The minimum Gasteiger partial charge on any atom is -0.369 e. The number of hydrogen-bond donors (Lipinski definition) is 0. The molecule has 0 saturated carbocycles. The van der Waals surface area contributed by atoms with Crippen molar-refractivity contribution in [3.63, 3.8) is 0 Å². The van der Waals surface area contributed by atoms with Crippen molar-refractivity contribution in [2.75, 3.05) is 31.1 Å². The molecule has 0 spiro atoms. The van der Waals surface area contributed by atoms with Gasteiger partial charge in [0.2, 0.25) is 0 Å². The SMILES string of the molecule is CCn1c(CN2CCN(c3ccccc3)CC2)c(Br)c(=O)n1-c1ccccc1. The van der Waals surface area contributed by atoms with E-state index in [1.165, 1.54) is 5.69 Å². The molecule has 1 aliphatic heterocycles. The molecule has 6 heteroatoms. The number of rotatable bonds is 5. The van der Waals surface area contributed by atoms with Crippen molar-refractivity contribution in [2.45, 2.75) is 20.0 Å². The van der Waals surface area contributed by atoms with Crippen LogP contribution in [0.4, 0.5) is 5.69 Å². The van der Waals surface area contributed by atoms with E-state index in [2.05, 4.69) is 67.7 Å². The van der Waals surface area contributed by atoms with Gasteiger partial charge in [-0.05, 0) is 47.1 Å². The summed E-state index contributed by atoms with van der Waals surface area (Å²) in [5.74, 6) is 0. The molecule has 0 atom stereocenters. The Bertz CT molecular complexity index is 973. The molecule has 0 aliphatic carbocycles. The fourth-order valence-corrected chi connectivity index (χ4v) is 4.38. The number of piperazine rings is 1. The summed E-state index contributed by atoms with van der Waals surface area (Å²) in [4.78, 5) is 17.8. The highest BCUT2D eigenvalue weighted by Crippen LogP contribution is 2.21. The molecule has 28 heavy (non-hydrogen) atoms. The maximum Gasteiger partial charge on any atom is 0.286 e. The van der Waals surface area contributed by atoms with Crippen molar-refractivity contribution < 1.29 is 0 Å². The van der Waals surface area contributed by atoms with E-state index in [1.54, 1.807) is 4.68 Å². The van der Waals surface area contributed by atoms with Crippen LogP contribution in [0.3, 0.4) is 0 Å². The summed E-state index contributed by atoms with van der Waals surface area (Å²) < 4.78 is 4.54. The highest BCUT2D eigenvalue weighted by Gasteiger charge is 2.23. The second kappa shape index (κ2) is 8.37. The molecule has 0 N–H and O–H groups in total. The second-order valence-electron chi connectivity index (χ2n) is 7.03. The number of para-hydroxylation sites is 2. The molecule has 0 amide bonds. The Morgan fingerprint density at radius 2 is 1.43 bits per heavy atom. The van der Waals surface area contributed by atoms with E-state index in [1.807, 2.05) is 30.3 Å². The van der Waals surface area contributed by atoms with E-state index in [0.717, 1.165) is 50.6 Å². The molecule has 146 valence electrons. The Labute approximate surface area is 173 Å². The predicted molar refractivity (Wildman–Crippen MR) is 117 cm³/mol. The van der Waals surface area contributed by atoms with Gasteiger partial charge in [-0.1, -0.05) is 36.4 Å². The van der Waals surface area contributed by atoms with Crippen LogP contribution < -0.4 is 10.5 Å². The number of nitrogens with zero attached hydrogens (tertiary/aromatic N) is 4. The molecule has 1 aliphatic rings. The van der Waals surface area contributed by atoms with E-state index < -0.39 is 0 Å². The molecule has 3 aromatic rings. The van der Waals surface area contributed by atoms with Crippen LogP contribution in [0.2, 0.25) is 0 Å². The van der Waals surface area contributed by atoms with Gasteiger partial charge in [0.1, 0.15) is 4.47 Å². The molecule has 2 aromatic carbocycles. The summed E-state index contributed by atoms with van der Waals surface area (Å²) in [5.41, 5.74) is 3.23. The molecule has 1 fully saturated rings. The lowest BCUT2D eigenvalue weighted by Crippen LogP contribution is -2.46. The van der Waals surface area contributed by atoms with Crippen LogP contribution in [0.5, 0.6) is 0 Å². The Kier molecular flexibility index (Phi) is 5.69. The van der Waals surface area contributed by atoms with E-state index in [4.69, 9.17) is 0 Å². The molecule has 0 radical (unpaired) electrons. The Morgan fingerprint density at radius 3 is 2.00 bits per heavy atom. The largest absolute Gasteiger partial charge is 0.369 e. The van der Waals surface area contributed by atoms with Crippen molar-refractivity contribution in [2.24, 2.45) is 0 Å². The summed E-state index contributed by atoms with van der Waals surface area (Å²) in [6, 6.07) is 20.4. The van der Waals surface area contributed by atoms with Gasteiger partial charge in [0.15, 0.2) is 0 Å². The summed E-state index contributed by atoms with van der Waals surface area (Å²) in [6.45, 7) is 7.56. The third-order valence-corrected chi connectivity index (χ3v) is 6.15. The highest BCUT2D eigenvalue weighted by atomic mass is 79.9. The van der Waals surface area contributed by atoms with Crippen molar-refractivity contribution in [1.82, 2.24) is 14.3 Å². The lowest BCUT2D eigenvalue weighted by molar-refractivity contribution is 0.241. The number of aromatic nitrogens is 2. The Hall–Kier alpha value is -2.31. The zero-order valence-corrected chi connectivity index (χ0v) is 17.7. The number of anilines is 1. The molecule has 1 aromatic heterocycles. The van der Waals surface area contributed by atoms with Crippen molar-refractivity contribution in [3.05, 3.63) is 81.2 Å². The monoisotopic (exact) mass is 440 g/mol. The van der Waals surface area contributed by atoms with Gasteiger partial charge in [-0.2, -0.15) is 0 Å². The molecule has 0 bridgehead atoms. The molecular weight excluding hydrogens is 416 g/mol. The van der Waals surface area contributed by atoms with Crippen molar-refractivity contribution >= 4 is 21.6 Å². The number of benzene rings is 2. The zero-order chi connectivity index (χ0) is 19.5. The van der Waals surface area contributed by atoms with Crippen molar-refractivity contribution in [3.8, 4) is 5.69 Å². The number of hydrogen-bond acceptors (Lipinski definition) is 3. The third kappa shape index (κ3) is 3.66. The fourth-order valence-electron chi connectivity index (χ4n) is 3.88. The standard InChI is InChI=1S/C22H25BrN4O/c1-2-26-20(21(23)22(28)27(26)19-11-7-4-8-12-19)17-24-13-15-25(16-14-24)18-9-5-3-6-10-18/h3-12H,2,13-17H2,1H3. The summed E-state index contributed by atoms with van der Waals surface area (Å²) in [5, 5.41) is 0. The van der Waals surface area contributed by atoms with Crippen LogP contribution in [0.15, 0.2) is 69.9 Å². The van der Waals surface area contributed by atoms with Gasteiger partial charge in [0.25, 0.3) is 5.56 Å². The average molecular weight is 441 g/mol. The average Bonchev–Trinajstić information content (AvgIpc) is 3.00. The van der Waals surface area contributed by atoms with Crippen LogP contribution in [-0.2, 0) is 13.1 Å². The highest BCUT2D eigenvalue weighted by molar-refractivity contribution is 9.10. The van der Waals surface area contributed by atoms with Crippen LogP contribution >= 0.6 is 15.9 Å². The Balaban J connectivity index is 1.54. The molecular formula is C22H25BrN4O. The summed E-state index contributed by atoms with van der Waals surface area (Å²) in [6.07, 6.45) is 0. The van der Waals surface area contributed by atoms with Gasteiger partial charge < -0.3 is 4.90 Å². The van der Waals surface area contributed by atoms with Gasteiger partial charge in [-0.15, -0.1) is 0 Å². The molecule has 5 nitrogen and oxygen atoms in total. The zero-order valence-electron chi connectivity index (χ0n) is 16.1. The van der Waals surface area contributed by atoms with Crippen LogP contribution in [0, 0.1) is 0 Å². The van der Waals surface area contributed by atoms with Gasteiger partial charge in [0.05, 0.1) is 11.4 Å². The Morgan fingerprint density at radius 1 is 0.857 bits per heavy atom. The van der Waals surface area contributed by atoms with Gasteiger partial charge in [-0.3, -0.25) is 14.4 Å². The first-order valence-electron chi connectivity index (χ1n) is 9.77. The normalized spacial score (nSPS) is 15.1. The minimum absolute atomic E-state index is 0.00553. The lowest BCUT2D eigenvalue weighted by Gasteiger charge is -2.36. The molecule has 2 heterocycles. The smallest absolute Gasteiger partial charge is 0.286 e. The third-order valence-electron chi connectivity index (χ3n) is 5.35. The van der Waals surface area contributed by atoms with E-state index in [9.17, 15) is 4.79 Å². The van der Waals surface area contributed by atoms with Crippen molar-refractivity contribution in [1.29, 1.82) is 0 Å². The van der Waals surface area contributed by atoms with E-state index >= 15 is 0 Å². The first-order chi connectivity index (χ1) is 13.7. The molecule has 4 rings (SSSR count).